The van der Waals surface area contributed by atoms with E-state index >= 15 is 0 Å². The Morgan fingerprint density at radius 2 is 1.95 bits per heavy atom. The lowest BCUT2D eigenvalue weighted by molar-refractivity contribution is -0.140. The summed E-state index contributed by atoms with van der Waals surface area (Å²) in [5.41, 5.74) is -1.90. The molecule has 0 saturated carbocycles. The van der Waals surface area contributed by atoms with E-state index in [9.17, 15) is 22.7 Å². The Labute approximate surface area is 107 Å². The summed E-state index contributed by atoms with van der Waals surface area (Å²) >= 11 is 0. The molecule has 3 nitrogen and oxygen atoms in total. The minimum atomic E-state index is -4.78. The Morgan fingerprint density at radius 1 is 1.32 bits per heavy atom. The van der Waals surface area contributed by atoms with Crippen molar-refractivity contribution in [1.82, 2.24) is 10.3 Å². The summed E-state index contributed by atoms with van der Waals surface area (Å²) < 4.78 is 51.5. The van der Waals surface area contributed by atoms with E-state index in [1.807, 2.05) is 0 Å². The van der Waals surface area contributed by atoms with E-state index in [1.54, 1.807) is 0 Å². The normalized spacial score (nSPS) is 19.4. The van der Waals surface area contributed by atoms with Crippen LogP contribution in [0.1, 0.15) is 30.2 Å². The largest absolute Gasteiger partial charge is 0.419 e. The van der Waals surface area contributed by atoms with Crippen molar-refractivity contribution in [2.45, 2.75) is 25.1 Å². The maximum absolute atomic E-state index is 13.8. The molecule has 0 aromatic carbocycles. The van der Waals surface area contributed by atoms with Crippen LogP contribution in [-0.4, -0.2) is 23.2 Å². The molecule has 2 heterocycles. The van der Waals surface area contributed by atoms with Crippen LogP contribution in [0, 0.1) is 11.7 Å². The number of piperidine rings is 1. The van der Waals surface area contributed by atoms with Gasteiger partial charge in [-0.05, 0) is 37.9 Å². The zero-order chi connectivity index (χ0) is 14.0. The maximum atomic E-state index is 13.8. The van der Waals surface area contributed by atoms with Gasteiger partial charge in [0, 0.05) is 6.20 Å². The molecule has 0 amide bonds. The first-order valence-corrected chi connectivity index (χ1v) is 6.01. The summed E-state index contributed by atoms with van der Waals surface area (Å²) in [6.07, 6.45) is -4.04. The summed E-state index contributed by atoms with van der Waals surface area (Å²) in [6, 6.07) is 0.577. The summed E-state index contributed by atoms with van der Waals surface area (Å²) in [4.78, 5) is 3.58. The molecule has 1 atom stereocenters. The molecule has 106 valence electrons. The smallest absolute Gasteiger partial charge is 0.386 e. The highest BCUT2D eigenvalue weighted by Crippen LogP contribution is 2.35. The number of aliphatic hydroxyl groups excluding tert-OH is 1. The van der Waals surface area contributed by atoms with E-state index in [2.05, 4.69) is 10.3 Å². The van der Waals surface area contributed by atoms with Crippen molar-refractivity contribution >= 4 is 0 Å². The number of nitrogens with zero attached hydrogens (tertiary/aromatic N) is 1. The Morgan fingerprint density at radius 3 is 2.53 bits per heavy atom. The van der Waals surface area contributed by atoms with E-state index in [4.69, 9.17) is 0 Å². The summed E-state index contributed by atoms with van der Waals surface area (Å²) in [7, 11) is 0. The second kappa shape index (κ2) is 5.42. The van der Waals surface area contributed by atoms with Crippen molar-refractivity contribution in [3.63, 3.8) is 0 Å². The van der Waals surface area contributed by atoms with E-state index in [1.165, 1.54) is 0 Å². The fourth-order valence-corrected chi connectivity index (χ4v) is 2.27. The Bertz CT molecular complexity index is 444. The van der Waals surface area contributed by atoms with E-state index < -0.39 is 29.4 Å². The number of hydrogen-bond donors (Lipinski definition) is 2. The van der Waals surface area contributed by atoms with Gasteiger partial charge in [0.1, 0.15) is 11.8 Å². The Balaban J connectivity index is 2.29. The fourth-order valence-electron chi connectivity index (χ4n) is 2.27. The maximum Gasteiger partial charge on any atom is 0.419 e. The number of pyridine rings is 1. The molecule has 19 heavy (non-hydrogen) atoms. The predicted octanol–water partition coefficient (Wildman–Crippen LogP) is 2.27. The number of halogens is 4. The molecule has 0 bridgehead atoms. The first kappa shape index (κ1) is 14.2. The van der Waals surface area contributed by atoms with Crippen molar-refractivity contribution in [2.75, 3.05) is 13.1 Å². The lowest BCUT2D eigenvalue weighted by Gasteiger charge is -2.27. The van der Waals surface area contributed by atoms with Crippen LogP contribution in [0.15, 0.2) is 12.3 Å². The van der Waals surface area contributed by atoms with Crippen molar-refractivity contribution in [3.8, 4) is 0 Å². The lowest BCUT2D eigenvalue weighted by Crippen LogP contribution is -2.31. The van der Waals surface area contributed by atoms with E-state index in [0.29, 0.717) is 32.0 Å². The fraction of sp³-hybridized carbons (Fsp3) is 0.583. The third-order valence-electron chi connectivity index (χ3n) is 3.33. The molecule has 2 rings (SSSR count). The number of aromatic nitrogens is 1. The zero-order valence-electron chi connectivity index (χ0n) is 10.0. The van der Waals surface area contributed by atoms with Gasteiger partial charge < -0.3 is 10.4 Å². The molecular weight excluding hydrogens is 264 g/mol. The molecule has 1 unspecified atom stereocenters. The van der Waals surface area contributed by atoms with E-state index in [-0.39, 0.29) is 5.92 Å². The number of aliphatic hydroxyl groups is 1. The summed E-state index contributed by atoms with van der Waals surface area (Å²) in [5, 5.41) is 13.1. The standard InChI is InChI=1S/C12H14F4N2O/c13-9-8(12(14,15)16)3-6-18-10(9)11(19)7-1-4-17-5-2-7/h3,6-7,11,17,19H,1-2,4-5H2. The molecule has 1 aromatic rings. The molecule has 1 fully saturated rings. The summed E-state index contributed by atoms with van der Waals surface area (Å²) in [6.45, 7) is 1.31. The molecule has 1 aliphatic heterocycles. The highest BCUT2D eigenvalue weighted by molar-refractivity contribution is 5.24. The molecule has 0 radical (unpaired) electrons. The van der Waals surface area contributed by atoms with Gasteiger partial charge >= 0.3 is 6.18 Å². The minimum absolute atomic E-state index is 0.272. The average Bonchev–Trinajstić information content (AvgIpc) is 2.38. The second-order valence-corrected chi connectivity index (χ2v) is 4.59. The number of hydrogen-bond acceptors (Lipinski definition) is 3. The third-order valence-corrected chi connectivity index (χ3v) is 3.33. The molecular formula is C12H14F4N2O. The monoisotopic (exact) mass is 278 g/mol. The zero-order valence-corrected chi connectivity index (χ0v) is 10.0. The molecule has 2 N–H and O–H groups in total. The molecule has 1 saturated heterocycles. The van der Waals surface area contributed by atoms with Gasteiger partial charge in [0.25, 0.3) is 0 Å². The van der Waals surface area contributed by atoms with Gasteiger partial charge in [-0.15, -0.1) is 0 Å². The quantitative estimate of drug-likeness (QED) is 0.816. The van der Waals surface area contributed by atoms with Crippen LogP contribution < -0.4 is 5.32 Å². The minimum Gasteiger partial charge on any atom is -0.386 e. The van der Waals surface area contributed by atoms with Crippen LogP contribution in [0.25, 0.3) is 0 Å². The van der Waals surface area contributed by atoms with Gasteiger partial charge in [-0.1, -0.05) is 0 Å². The molecule has 1 aliphatic rings. The highest BCUT2D eigenvalue weighted by Gasteiger charge is 2.37. The SMILES string of the molecule is OC(c1nccc(C(F)(F)F)c1F)C1CCNCC1. The van der Waals surface area contributed by atoms with Gasteiger partial charge in [0.05, 0.1) is 5.56 Å². The number of nitrogens with one attached hydrogen (secondary N) is 1. The first-order valence-electron chi connectivity index (χ1n) is 6.01. The summed E-state index contributed by atoms with van der Waals surface area (Å²) in [5.74, 6) is -1.74. The lowest BCUT2D eigenvalue weighted by atomic mass is 9.89. The Hall–Kier alpha value is -1.21. The van der Waals surface area contributed by atoms with Gasteiger partial charge in [-0.3, -0.25) is 4.98 Å². The topological polar surface area (TPSA) is 45.2 Å². The molecule has 0 spiro atoms. The van der Waals surface area contributed by atoms with Crippen molar-refractivity contribution in [1.29, 1.82) is 0 Å². The molecule has 1 aromatic heterocycles. The predicted molar refractivity (Wildman–Crippen MR) is 59.8 cm³/mol. The molecule has 0 aliphatic carbocycles. The number of alkyl halides is 3. The van der Waals surface area contributed by atoms with Crippen LogP contribution in [0.4, 0.5) is 17.6 Å². The van der Waals surface area contributed by atoms with Crippen molar-refractivity contribution in [2.24, 2.45) is 5.92 Å². The van der Waals surface area contributed by atoms with Crippen molar-refractivity contribution in [3.05, 3.63) is 29.3 Å². The van der Waals surface area contributed by atoms with Gasteiger partial charge in [-0.25, -0.2) is 4.39 Å². The number of rotatable bonds is 2. The van der Waals surface area contributed by atoms with Gasteiger partial charge in [0.15, 0.2) is 5.82 Å². The van der Waals surface area contributed by atoms with Crippen LogP contribution in [0.3, 0.4) is 0 Å². The van der Waals surface area contributed by atoms with Crippen LogP contribution in [-0.2, 0) is 6.18 Å². The van der Waals surface area contributed by atoms with Gasteiger partial charge in [0.2, 0.25) is 0 Å². The first-order chi connectivity index (χ1) is 8.91. The third kappa shape index (κ3) is 3.03. The van der Waals surface area contributed by atoms with Crippen molar-refractivity contribution < 1.29 is 22.7 Å². The Kier molecular flexibility index (Phi) is 4.05. The van der Waals surface area contributed by atoms with Crippen LogP contribution >= 0.6 is 0 Å². The van der Waals surface area contributed by atoms with Crippen LogP contribution in [0.2, 0.25) is 0 Å². The molecule has 7 heteroatoms. The van der Waals surface area contributed by atoms with Crippen LogP contribution in [0.5, 0.6) is 0 Å². The highest BCUT2D eigenvalue weighted by atomic mass is 19.4. The van der Waals surface area contributed by atoms with E-state index in [0.717, 1.165) is 6.20 Å². The van der Waals surface area contributed by atoms with Gasteiger partial charge in [-0.2, -0.15) is 13.2 Å². The second-order valence-electron chi connectivity index (χ2n) is 4.59. The average molecular weight is 278 g/mol.